The van der Waals surface area contributed by atoms with E-state index in [4.69, 9.17) is 34.8 Å². The topological polar surface area (TPSA) is 99.3 Å². The minimum absolute atomic E-state index is 0.173. The monoisotopic (exact) mass is 558 g/mol. The number of benzene rings is 3. The van der Waals surface area contributed by atoms with E-state index in [0.717, 1.165) is 11.1 Å². The lowest BCUT2D eigenvalue weighted by atomic mass is 9.76. The highest BCUT2D eigenvalue weighted by Gasteiger charge is 2.47. The molecule has 10 heteroatoms. The zero-order valence-electron chi connectivity index (χ0n) is 20.0. The van der Waals surface area contributed by atoms with E-state index in [-0.39, 0.29) is 30.8 Å². The van der Waals surface area contributed by atoms with Gasteiger partial charge in [0.15, 0.2) is 0 Å². The molecule has 0 saturated carbocycles. The second-order valence-electron chi connectivity index (χ2n) is 8.82. The number of amides is 3. The molecule has 4 rings (SSSR count). The Morgan fingerprint density at radius 2 is 1.59 bits per heavy atom. The second-order valence-corrected chi connectivity index (χ2v) is 10.1. The summed E-state index contributed by atoms with van der Waals surface area (Å²) in [6.45, 7) is 2.15. The highest BCUT2D eigenvalue weighted by Crippen LogP contribution is 2.42. The van der Waals surface area contributed by atoms with Crippen molar-refractivity contribution in [3.8, 4) is 0 Å². The summed E-state index contributed by atoms with van der Waals surface area (Å²) in [6, 6.07) is 17.6. The summed E-state index contributed by atoms with van der Waals surface area (Å²) in [5.41, 5.74) is 2.15. The molecule has 3 amide bonds. The van der Waals surface area contributed by atoms with Crippen LogP contribution in [0.25, 0.3) is 0 Å². The van der Waals surface area contributed by atoms with Crippen molar-refractivity contribution in [1.29, 1.82) is 0 Å². The van der Waals surface area contributed by atoms with Gasteiger partial charge in [0.2, 0.25) is 11.8 Å². The number of hydrogen-bond donors (Lipinski definition) is 4. The molecular formula is C27H25Cl3N4O3. The first kappa shape index (κ1) is 26.8. The van der Waals surface area contributed by atoms with Crippen LogP contribution in [-0.4, -0.2) is 37.4 Å². The minimum Gasteiger partial charge on any atom is -0.383 e. The lowest BCUT2D eigenvalue weighted by Crippen LogP contribution is -2.43. The molecule has 1 aliphatic heterocycles. The van der Waals surface area contributed by atoms with Crippen LogP contribution in [0.5, 0.6) is 0 Å². The van der Waals surface area contributed by atoms with Gasteiger partial charge in [0.05, 0.1) is 11.0 Å². The minimum atomic E-state index is -1.01. The molecule has 0 bridgehead atoms. The Morgan fingerprint density at radius 1 is 0.892 bits per heavy atom. The first-order valence-corrected chi connectivity index (χ1v) is 12.7. The number of anilines is 2. The molecule has 0 fully saturated rings. The molecule has 3 aromatic rings. The van der Waals surface area contributed by atoms with Gasteiger partial charge < -0.3 is 21.3 Å². The van der Waals surface area contributed by atoms with E-state index >= 15 is 0 Å². The van der Waals surface area contributed by atoms with Gasteiger partial charge in [-0.15, -0.1) is 0 Å². The van der Waals surface area contributed by atoms with E-state index in [2.05, 4.69) is 21.3 Å². The summed E-state index contributed by atoms with van der Waals surface area (Å²) in [5.74, 6) is -0.707. The quantitative estimate of drug-likeness (QED) is 0.276. The molecule has 37 heavy (non-hydrogen) atoms. The van der Waals surface area contributed by atoms with Crippen molar-refractivity contribution in [2.75, 3.05) is 30.3 Å². The maximum Gasteiger partial charge on any atom is 0.253 e. The Morgan fingerprint density at radius 3 is 2.35 bits per heavy atom. The molecule has 1 unspecified atom stereocenters. The van der Waals surface area contributed by atoms with E-state index in [1.165, 1.54) is 6.92 Å². The number of hydrogen-bond acceptors (Lipinski definition) is 4. The summed E-state index contributed by atoms with van der Waals surface area (Å²) in [6.07, 6.45) is 0.361. The number of nitrogens with one attached hydrogen (secondary N) is 4. The first-order valence-electron chi connectivity index (χ1n) is 11.6. The average molecular weight is 560 g/mol. The lowest BCUT2D eigenvalue weighted by molar-refractivity contribution is -0.120. The first-order chi connectivity index (χ1) is 17.7. The third-order valence-corrected chi connectivity index (χ3v) is 6.87. The fraction of sp³-hybridized carbons (Fsp3) is 0.222. The van der Waals surface area contributed by atoms with E-state index < -0.39 is 5.41 Å². The van der Waals surface area contributed by atoms with Gasteiger partial charge in [-0.2, -0.15) is 0 Å². The van der Waals surface area contributed by atoms with Crippen LogP contribution in [0.1, 0.15) is 28.4 Å². The zero-order valence-corrected chi connectivity index (χ0v) is 22.2. The standard InChI is InChI=1S/C27H25Cl3N4O3/c1-16(35)31-9-10-32-25(36)21-7-5-19(29)12-23(21)33-15-27(14-17-3-2-4-18(28)11-17)22-8-6-20(30)13-24(22)34-26(27)37/h2-8,11-13,33H,9-10,14-15H2,1H3,(H,31,35)(H,32,36)(H,34,37). The van der Waals surface area contributed by atoms with Crippen LogP contribution in [0.2, 0.25) is 15.1 Å². The SMILES string of the molecule is CC(=O)NCCNC(=O)c1ccc(Cl)cc1NCC1(Cc2cccc(Cl)c2)C(=O)Nc2cc(Cl)ccc21. The van der Waals surface area contributed by atoms with E-state index in [9.17, 15) is 14.4 Å². The van der Waals surface area contributed by atoms with Gasteiger partial charge in [-0.3, -0.25) is 14.4 Å². The Bertz CT molecular complexity index is 1360. The number of carbonyl (C=O) groups is 3. The van der Waals surface area contributed by atoms with Crippen molar-refractivity contribution in [3.05, 3.63) is 92.4 Å². The van der Waals surface area contributed by atoms with Crippen LogP contribution in [0.3, 0.4) is 0 Å². The van der Waals surface area contributed by atoms with Crippen LogP contribution in [0, 0.1) is 0 Å². The van der Waals surface area contributed by atoms with Crippen molar-refractivity contribution >= 4 is 63.9 Å². The van der Waals surface area contributed by atoms with Gasteiger partial charge in [0.1, 0.15) is 0 Å². The van der Waals surface area contributed by atoms with E-state index in [1.807, 2.05) is 24.3 Å². The van der Waals surface area contributed by atoms with Gasteiger partial charge in [-0.25, -0.2) is 0 Å². The van der Waals surface area contributed by atoms with Crippen molar-refractivity contribution in [2.45, 2.75) is 18.8 Å². The number of carbonyl (C=O) groups excluding carboxylic acids is 3. The average Bonchev–Trinajstić information content (AvgIpc) is 3.10. The summed E-state index contributed by atoms with van der Waals surface area (Å²) in [5, 5.41) is 13.2. The van der Waals surface area contributed by atoms with E-state index in [0.29, 0.717) is 45.0 Å². The van der Waals surface area contributed by atoms with Gasteiger partial charge in [-0.05, 0) is 60.0 Å². The molecule has 0 saturated heterocycles. The van der Waals surface area contributed by atoms with Crippen molar-refractivity contribution < 1.29 is 14.4 Å². The summed E-state index contributed by atoms with van der Waals surface area (Å²) >= 11 is 18.7. The molecular weight excluding hydrogens is 535 g/mol. The predicted molar refractivity (Wildman–Crippen MR) is 148 cm³/mol. The predicted octanol–water partition coefficient (Wildman–Crippen LogP) is 5.06. The number of fused-ring (bicyclic) bond motifs is 1. The van der Waals surface area contributed by atoms with E-state index in [1.54, 1.807) is 36.4 Å². The Labute approximate surface area is 229 Å². The van der Waals surface area contributed by atoms with Gasteiger partial charge in [-0.1, -0.05) is 53.0 Å². The normalized spacial score (nSPS) is 16.1. The Balaban J connectivity index is 1.64. The molecule has 0 aliphatic carbocycles. The highest BCUT2D eigenvalue weighted by molar-refractivity contribution is 6.31. The molecule has 0 radical (unpaired) electrons. The smallest absolute Gasteiger partial charge is 0.253 e. The molecule has 1 aliphatic rings. The summed E-state index contributed by atoms with van der Waals surface area (Å²) < 4.78 is 0. The van der Waals surface area contributed by atoms with Crippen molar-refractivity contribution in [3.63, 3.8) is 0 Å². The van der Waals surface area contributed by atoms with Crippen LogP contribution >= 0.6 is 34.8 Å². The maximum absolute atomic E-state index is 13.5. The maximum atomic E-state index is 13.5. The van der Waals surface area contributed by atoms with Crippen molar-refractivity contribution in [1.82, 2.24) is 10.6 Å². The molecule has 4 N–H and O–H groups in total. The Kier molecular flexibility index (Phi) is 8.27. The third-order valence-electron chi connectivity index (χ3n) is 6.17. The van der Waals surface area contributed by atoms with Crippen LogP contribution in [-0.2, 0) is 21.4 Å². The van der Waals surface area contributed by atoms with Crippen LogP contribution in [0.4, 0.5) is 11.4 Å². The zero-order chi connectivity index (χ0) is 26.6. The van der Waals surface area contributed by atoms with Gasteiger partial charge >= 0.3 is 0 Å². The highest BCUT2D eigenvalue weighted by atomic mass is 35.5. The fourth-order valence-electron chi connectivity index (χ4n) is 4.43. The largest absolute Gasteiger partial charge is 0.383 e. The number of rotatable bonds is 9. The fourth-order valence-corrected chi connectivity index (χ4v) is 4.98. The third kappa shape index (κ3) is 6.18. The van der Waals surface area contributed by atoms with Gasteiger partial charge in [0.25, 0.3) is 5.91 Å². The van der Waals surface area contributed by atoms with Crippen LogP contribution < -0.4 is 21.3 Å². The molecule has 1 atom stereocenters. The summed E-state index contributed by atoms with van der Waals surface area (Å²) in [7, 11) is 0. The molecule has 7 nitrogen and oxygen atoms in total. The molecule has 0 aromatic heterocycles. The van der Waals surface area contributed by atoms with Crippen LogP contribution in [0.15, 0.2) is 60.7 Å². The Hall–Kier alpha value is -3.26. The molecule has 0 spiro atoms. The summed E-state index contributed by atoms with van der Waals surface area (Å²) in [4.78, 5) is 37.5. The number of halogens is 3. The van der Waals surface area contributed by atoms with Crippen molar-refractivity contribution in [2.24, 2.45) is 0 Å². The van der Waals surface area contributed by atoms with Gasteiger partial charge in [0, 0.05) is 53.0 Å². The molecule has 1 heterocycles. The molecule has 3 aromatic carbocycles. The lowest BCUT2D eigenvalue weighted by Gasteiger charge is -2.29. The molecule has 192 valence electrons. The second kappa shape index (κ2) is 11.4.